The third-order valence-electron chi connectivity index (χ3n) is 6.58. The second-order valence-corrected chi connectivity index (χ2v) is 9.76. The highest BCUT2D eigenvalue weighted by Gasteiger charge is 2.43. The van der Waals surface area contributed by atoms with Gasteiger partial charge < -0.3 is 9.72 Å². The van der Waals surface area contributed by atoms with Gasteiger partial charge in [0.1, 0.15) is 5.69 Å². The molecule has 0 unspecified atom stereocenters. The third-order valence-corrected chi connectivity index (χ3v) is 6.58. The SMILES string of the molecule is Cc1cc(C)nc(CN(C(=O)C(F)(F)F)c2ccc(NC(=O)C(=O)c3c(-c4ccccc4)cc4ccccn34)cc2)c1. The summed E-state index contributed by atoms with van der Waals surface area (Å²) in [4.78, 5) is 43.7. The summed E-state index contributed by atoms with van der Waals surface area (Å²) in [5, 5.41) is 2.52. The van der Waals surface area contributed by atoms with Crippen LogP contribution in [0, 0.1) is 13.8 Å². The van der Waals surface area contributed by atoms with Gasteiger partial charge in [-0.2, -0.15) is 13.2 Å². The van der Waals surface area contributed by atoms with Crippen molar-refractivity contribution in [1.82, 2.24) is 9.38 Å². The number of pyridine rings is 2. The minimum absolute atomic E-state index is 0.0495. The summed E-state index contributed by atoms with van der Waals surface area (Å²) in [6.45, 7) is 3.09. The smallest absolute Gasteiger partial charge is 0.319 e. The monoisotopic (exact) mass is 570 g/mol. The van der Waals surface area contributed by atoms with Gasteiger partial charge in [0.05, 0.1) is 12.2 Å². The van der Waals surface area contributed by atoms with Crippen LogP contribution in [-0.4, -0.2) is 33.2 Å². The Morgan fingerprint density at radius 2 is 1.57 bits per heavy atom. The van der Waals surface area contributed by atoms with Crippen molar-refractivity contribution in [3.63, 3.8) is 0 Å². The Morgan fingerprint density at radius 3 is 2.24 bits per heavy atom. The number of benzene rings is 2. The number of ketones is 1. The minimum atomic E-state index is -5.12. The lowest BCUT2D eigenvalue weighted by Gasteiger charge is -2.24. The van der Waals surface area contributed by atoms with E-state index >= 15 is 0 Å². The number of nitrogens with zero attached hydrogens (tertiary/aromatic N) is 3. The van der Waals surface area contributed by atoms with Gasteiger partial charge in [-0.3, -0.25) is 24.3 Å². The quantitative estimate of drug-likeness (QED) is 0.178. The summed E-state index contributed by atoms with van der Waals surface area (Å²) in [5.41, 5.74) is 4.06. The van der Waals surface area contributed by atoms with Crippen LogP contribution in [0.25, 0.3) is 16.6 Å². The molecule has 7 nitrogen and oxygen atoms in total. The fourth-order valence-electron chi connectivity index (χ4n) is 4.81. The molecule has 0 fully saturated rings. The summed E-state index contributed by atoms with van der Waals surface area (Å²) in [7, 11) is 0. The van der Waals surface area contributed by atoms with E-state index in [4.69, 9.17) is 0 Å². The zero-order chi connectivity index (χ0) is 30.0. The van der Waals surface area contributed by atoms with E-state index in [0.717, 1.165) is 16.6 Å². The van der Waals surface area contributed by atoms with E-state index in [2.05, 4.69) is 10.3 Å². The number of rotatable bonds is 7. The lowest BCUT2D eigenvalue weighted by molar-refractivity contribution is -0.170. The zero-order valence-electron chi connectivity index (χ0n) is 22.6. The molecule has 0 spiro atoms. The van der Waals surface area contributed by atoms with Crippen molar-refractivity contribution in [2.45, 2.75) is 26.6 Å². The Balaban J connectivity index is 1.41. The van der Waals surface area contributed by atoms with Crippen LogP contribution in [-0.2, 0) is 16.1 Å². The highest BCUT2D eigenvalue weighted by Crippen LogP contribution is 2.30. The number of amides is 2. The second kappa shape index (κ2) is 11.3. The highest BCUT2D eigenvalue weighted by atomic mass is 19.4. The summed E-state index contributed by atoms with van der Waals surface area (Å²) >= 11 is 0. The van der Waals surface area contributed by atoms with Gasteiger partial charge in [-0.05, 0) is 79.6 Å². The number of anilines is 2. The van der Waals surface area contributed by atoms with Crippen molar-refractivity contribution in [1.29, 1.82) is 0 Å². The lowest BCUT2D eigenvalue weighted by Crippen LogP contribution is -2.41. The standard InChI is InChI=1S/C32H25F3N4O3/c1-20-16-21(2)36-24(17-20)19-39(31(42)32(33,34)35)25-13-11-23(12-14-25)37-30(41)29(40)28-27(22-8-4-3-5-9-22)18-26-10-6-7-15-38(26)28/h3-18H,19H2,1-2H3,(H,37,41). The number of nitrogens with one attached hydrogen (secondary N) is 1. The molecule has 2 aromatic carbocycles. The van der Waals surface area contributed by atoms with Gasteiger partial charge in [0.25, 0.3) is 11.7 Å². The topological polar surface area (TPSA) is 83.8 Å². The van der Waals surface area contributed by atoms with Crippen LogP contribution in [0.5, 0.6) is 0 Å². The van der Waals surface area contributed by atoms with Gasteiger partial charge in [-0.1, -0.05) is 36.4 Å². The van der Waals surface area contributed by atoms with Crippen LogP contribution >= 0.6 is 0 Å². The molecule has 0 bridgehead atoms. The third kappa shape index (κ3) is 5.92. The normalized spacial score (nSPS) is 11.4. The molecule has 0 aliphatic heterocycles. The summed E-state index contributed by atoms with van der Waals surface area (Å²) in [6.07, 6.45) is -3.43. The van der Waals surface area contributed by atoms with Crippen molar-refractivity contribution < 1.29 is 27.6 Å². The van der Waals surface area contributed by atoms with Crippen LogP contribution in [0.15, 0.2) is 97.2 Å². The number of aromatic nitrogens is 2. The van der Waals surface area contributed by atoms with Gasteiger partial charge in [-0.15, -0.1) is 0 Å². The number of aryl methyl sites for hydroxylation is 2. The van der Waals surface area contributed by atoms with Gasteiger partial charge in [0, 0.05) is 34.3 Å². The number of hydrogen-bond acceptors (Lipinski definition) is 4. The van der Waals surface area contributed by atoms with Gasteiger partial charge in [0.2, 0.25) is 0 Å². The number of carbonyl (C=O) groups is 3. The molecule has 2 amide bonds. The number of alkyl halides is 3. The van der Waals surface area contributed by atoms with E-state index in [-0.39, 0.29) is 17.1 Å². The molecular formula is C32H25F3N4O3. The van der Waals surface area contributed by atoms with Crippen LogP contribution < -0.4 is 10.2 Å². The predicted molar refractivity (Wildman–Crippen MR) is 153 cm³/mol. The molecule has 5 rings (SSSR count). The molecule has 0 radical (unpaired) electrons. The maximum Gasteiger partial charge on any atom is 0.471 e. The number of Topliss-reactive ketones (excluding diaryl/α,β-unsaturated/α-hetero) is 1. The highest BCUT2D eigenvalue weighted by molar-refractivity contribution is 6.47. The Bertz CT molecular complexity index is 1780. The molecule has 3 heterocycles. The predicted octanol–water partition coefficient (Wildman–Crippen LogP) is 6.54. The molecule has 10 heteroatoms. The Hall–Kier alpha value is -5.25. The Morgan fingerprint density at radius 1 is 0.881 bits per heavy atom. The molecule has 212 valence electrons. The van der Waals surface area contributed by atoms with E-state index in [0.29, 0.717) is 21.9 Å². The van der Waals surface area contributed by atoms with Crippen molar-refractivity contribution in [2.24, 2.45) is 0 Å². The maximum absolute atomic E-state index is 13.5. The average Bonchev–Trinajstić information content (AvgIpc) is 3.35. The van der Waals surface area contributed by atoms with Crippen LogP contribution in [0.3, 0.4) is 0 Å². The number of hydrogen-bond donors (Lipinski definition) is 1. The number of fused-ring (bicyclic) bond motifs is 1. The number of carbonyl (C=O) groups excluding carboxylic acids is 3. The van der Waals surface area contributed by atoms with Crippen molar-refractivity contribution in [2.75, 3.05) is 10.2 Å². The lowest BCUT2D eigenvalue weighted by atomic mass is 10.0. The van der Waals surface area contributed by atoms with Crippen LogP contribution in [0.2, 0.25) is 0 Å². The van der Waals surface area contributed by atoms with Gasteiger partial charge in [-0.25, -0.2) is 0 Å². The summed E-state index contributed by atoms with van der Waals surface area (Å²) in [6, 6.07) is 25.0. The minimum Gasteiger partial charge on any atom is -0.319 e. The Labute approximate surface area is 239 Å². The van der Waals surface area contributed by atoms with E-state index in [1.165, 1.54) is 24.3 Å². The molecular weight excluding hydrogens is 545 g/mol. The van der Waals surface area contributed by atoms with E-state index in [9.17, 15) is 27.6 Å². The van der Waals surface area contributed by atoms with Crippen molar-refractivity contribution in [3.05, 3.63) is 120 Å². The molecule has 5 aromatic rings. The second-order valence-electron chi connectivity index (χ2n) is 9.76. The molecule has 0 atom stereocenters. The molecule has 1 N–H and O–H groups in total. The van der Waals surface area contributed by atoms with E-state index < -0.39 is 30.3 Å². The first-order valence-corrected chi connectivity index (χ1v) is 13.0. The molecule has 0 aliphatic carbocycles. The molecule has 3 aromatic heterocycles. The van der Waals surface area contributed by atoms with E-state index in [1.807, 2.05) is 48.5 Å². The van der Waals surface area contributed by atoms with Gasteiger partial charge >= 0.3 is 12.1 Å². The molecule has 0 saturated carbocycles. The van der Waals surface area contributed by atoms with Crippen molar-refractivity contribution >= 4 is 34.5 Å². The van der Waals surface area contributed by atoms with E-state index in [1.54, 1.807) is 42.6 Å². The fraction of sp³-hybridized carbons (Fsp3) is 0.125. The fourth-order valence-corrected chi connectivity index (χ4v) is 4.81. The largest absolute Gasteiger partial charge is 0.471 e. The molecule has 0 aliphatic rings. The first kappa shape index (κ1) is 28.3. The zero-order valence-corrected chi connectivity index (χ0v) is 22.6. The van der Waals surface area contributed by atoms with Crippen LogP contribution in [0.4, 0.5) is 24.5 Å². The van der Waals surface area contributed by atoms with Crippen LogP contribution in [0.1, 0.15) is 27.4 Å². The summed E-state index contributed by atoms with van der Waals surface area (Å²) in [5.74, 6) is -3.77. The molecule has 0 saturated heterocycles. The summed E-state index contributed by atoms with van der Waals surface area (Å²) < 4.78 is 42.1. The average molecular weight is 571 g/mol. The molecule has 42 heavy (non-hydrogen) atoms. The maximum atomic E-state index is 13.5. The first-order valence-electron chi connectivity index (χ1n) is 13.0. The number of halogens is 3. The first-order chi connectivity index (χ1) is 20.0. The van der Waals surface area contributed by atoms with Crippen molar-refractivity contribution in [3.8, 4) is 11.1 Å². The Kier molecular flexibility index (Phi) is 7.62. The van der Waals surface area contributed by atoms with Gasteiger partial charge in [0.15, 0.2) is 0 Å².